The fourth-order valence-electron chi connectivity index (χ4n) is 2.83. The second kappa shape index (κ2) is 10.5. The minimum absolute atomic E-state index is 0. The fraction of sp³-hybridized carbons (Fsp3) is 0. The molecule has 0 N–H and O–H groups in total. The minimum Gasteiger partial charge on any atom is -0.295 e. The zero-order valence-corrected chi connectivity index (χ0v) is 17.9. The van der Waals surface area contributed by atoms with E-state index >= 15 is 0 Å². The topological polar surface area (TPSA) is 25.8 Å². The van der Waals surface area contributed by atoms with Crippen LogP contribution < -0.4 is 0 Å². The van der Waals surface area contributed by atoms with Crippen LogP contribution >= 0.6 is 0 Å². The molecule has 0 amide bonds. The average Bonchev–Trinajstić information content (AvgIpc) is 2.81. The first kappa shape index (κ1) is 20.6. The molecule has 3 aromatic carbocycles. The van der Waals surface area contributed by atoms with Crippen LogP contribution in [0.3, 0.4) is 0 Å². The molecule has 0 aliphatic carbocycles. The van der Waals surface area contributed by atoms with E-state index < -0.39 is 0 Å². The first-order valence-corrected chi connectivity index (χ1v) is 9.11. The third-order valence-electron chi connectivity index (χ3n) is 4.20. The molecule has 0 unspecified atom stereocenters. The summed E-state index contributed by atoms with van der Waals surface area (Å²) in [6.45, 7) is 0. The molecule has 29 heavy (non-hydrogen) atoms. The van der Waals surface area contributed by atoms with Gasteiger partial charge in [0.05, 0.1) is 16.9 Å². The Labute approximate surface area is 185 Å². The van der Waals surface area contributed by atoms with E-state index in [4.69, 9.17) is 9.97 Å². The van der Waals surface area contributed by atoms with Gasteiger partial charge >= 0.3 is 21.1 Å². The van der Waals surface area contributed by atoms with Crippen molar-refractivity contribution >= 4 is 10.9 Å². The molecule has 0 saturated carbocycles. The van der Waals surface area contributed by atoms with E-state index in [0.29, 0.717) is 0 Å². The second-order valence-corrected chi connectivity index (χ2v) is 6.15. The summed E-state index contributed by atoms with van der Waals surface area (Å²) in [6.07, 6.45) is 0. The summed E-state index contributed by atoms with van der Waals surface area (Å²) >= 11 is 0. The van der Waals surface area contributed by atoms with Gasteiger partial charge in [-0.25, -0.2) is 4.98 Å². The van der Waals surface area contributed by atoms with Crippen molar-refractivity contribution in [1.82, 2.24) is 9.97 Å². The van der Waals surface area contributed by atoms with Crippen molar-refractivity contribution in [2.24, 2.45) is 0 Å². The second-order valence-electron chi connectivity index (χ2n) is 6.15. The number of hydrogen-bond donors (Lipinski definition) is 0. The van der Waals surface area contributed by atoms with E-state index in [1.54, 1.807) is 0 Å². The Bertz CT molecular complexity index is 1130. The largest absolute Gasteiger partial charge is 2.00 e. The van der Waals surface area contributed by atoms with Gasteiger partial charge < -0.3 is 0 Å². The van der Waals surface area contributed by atoms with E-state index in [0.717, 1.165) is 33.5 Å². The van der Waals surface area contributed by atoms with Crippen LogP contribution in [0.4, 0.5) is 0 Å². The van der Waals surface area contributed by atoms with Crippen molar-refractivity contribution in [3.05, 3.63) is 121 Å². The number of nitrogens with zero attached hydrogens (tertiary/aromatic N) is 2. The molecule has 0 atom stereocenters. The van der Waals surface area contributed by atoms with E-state index in [9.17, 15) is 0 Å². The number of benzene rings is 3. The maximum atomic E-state index is 4.73. The van der Waals surface area contributed by atoms with Gasteiger partial charge in [-0.3, -0.25) is 4.98 Å². The van der Waals surface area contributed by atoms with Gasteiger partial charge in [-0.2, -0.15) is 36.4 Å². The van der Waals surface area contributed by atoms with E-state index in [1.807, 2.05) is 97.1 Å². The normalized spacial score (nSPS) is 9.79. The summed E-state index contributed by atoms with van der Waals surface area (Å²) in [5, 5.41) is 1.14. The van der Waals surface area contributed by atoms with Gasteiger partial charge in [0.1, 0.15) is 0 Å². The number of aromatic nitrogens is 2. The van der Waals surface area contributed by atoms with Crippen molar-refractivity contribution < 1.29 is 21.1 Å². The first-order valence-electron chi connectivity index (χ1n) is 9.11. The Balaban J connectivity index is 0.000000297. The van der Waals surface area contributed by atoms with Crippen LogP contribution in [0.25, 0.3) is 33.5 Å². The summed E-state index contributed by atoms with van der Waals surface area (Å²) in [4.78, 5) is 9.43. The molecule has 0 saturated heterocycles. The Morgan fingerprint density at radius 1 is 0.517 bits per heavy atom. The van der Waals surface area contributed by atoms with Crippen LogP contribution in [-0.2, 0) is 21.1 Å². The molecule has 2 nitrogen and oxygen atoms in total. The van der Waals surface area contributed by atoms with Gasteiger partial charge in [-0.1, -0.05) is 36.4 Å². The monoisotopic (exact) mass is 553 g/mol. The van der Waals surface area contributed by atoms with Crippen molar-refractivity contribution in [2.45, 2.75) is 0 Å². The summed E-state index contributed by atoms with van der Waals surface area (Å²) in [6, 6.07) is 41.8. The summed E-state index contributed by atoms with van der Waals surface area (Å²) in [7, 11) is 0. The molecular formula is C26H18N2Pt. The smallest absolute Gasteiger partial charge is 0.295 e. The third-order valence-corrected chi connectivity index (χ3v) is 4.20. The van der Waals surface area contributed by atoms with Crippen molar-refractivity contribution in [3.8, 4) is 22.6 Å². The predicted molar refractivity (Wildman–Crippen MR) is 115 cm³/mol. The minimum atomic E-state index is 0. The van der Waals surface area contributed by atoms with Gasteiger partial charge in [0, 0.05) is 5.39 Å². The zero-order chi connectivity index (χ0) is 19.0. The molecule has 0 aliphatic rings. The number of rotatable bonds is 2. The number of hydrogen-bond acceptors (Lipinski definition) is 2. The van der Waals surface area contributed by atoms with E-state index in [-0.39, 0.29) is 21.1 Å². The van der Waals surface area contributed by atoms with Crippen molar-refractivity contribution in [2.75, 3.05) is 0 Å². The van der Waals surface area contributed by atoms with Crippen LogP contribution in [0.1, 0.15) is 0 Å². The van der Waals surface area contributed by atoms with Crippen molar-refractivity contribution in [1.29, 1.82) is 0 Å². The molecule has 0 bridgehead atoms. The first-order chi connectivity index (χ1) is 13.9. The zero-order valence-electron chi connectivity index (χ0n) is 15.6. The molecule has 5 aromatic rings. The molecule has 0 radical (unpaired) electrons. The van der Waals surface area contributed by atoms with Crippen LogP contribution in [-0.4, -0.2) is 9.97 Å². The van der Waals surface area contributed by atoms with Crippen molar-refractivity contribution in [3.63, 3.8) is 0 Å². The van der Waals surface area contributed by atoms with E-state index in [1.165, 1.54) is 0 Å². The molecule has 142 valence electrons. The number of pyridine rings is 2. The van der Waals surface area contributed by atoms with Crippen LogP contribution in [0.15, 0.2) is 109 Å². The fourth-order valence-corrected chi connectivity index (χ4v) is 2.83. The Hall–Kier alpha value is -3.09. The SMILES string of the molecule is [Pt+2].[c-]1ccccc1.[c-]1ccccc1-c1cccc(-c2ccc3ccccc3n2)n1. The molecule has 3 heteroatoms. The van der Waals surface area contributed by atoms with Gasteiger partial charge in [0.25, 0.3) is 0 Å². The third kappa shape index (κ3) is 5.46. The molecule has 0 spiro atoms. The van der Waals surface area contributed by atoms with Gasteiger partial charge in [0.15, 0.2) is 0 Å². The summed E-state index contributed by atoms with van der Waals surface area (Å²) in [5.41, 5.74) is 4.65. The molecule has 2 heterocycles. The molecule has 0 aliphatic heterocycles. The Morgan fingerprint density at radius 3 is 1.97 bits per heavy atom. The van der Waals surface area contributed by atoms with Gasteiger partial charge in [-0.05, 0) is 23.9 Å². The number of fused-ring (bicyclic) bond motifs is 1. The van der Waals surface area contributed by atoms with Crippen LogP contribution in [0.5, 0.6) is 0 Å². The van der Waals surface area contributed by atoms with Crippen LogP contribution in [0, 0.1) is 12.1 Å². The maximum Gasteiger partial charge on any atom is 2.00 e. The molecule has 5 rings (SSSR count). The van der Waals surface area contributed by atoms with Gasteiger partial charge in [-0.15, -0.1) is 35.9 Å². The maximum absolute atomic E-state index is 4.73. The number of para-hydroxylation sites is 1. The Kier molecular flexibility index (Phi) is 7.44. The molecule has 0 fully saturated rings. The standard InChI is InChI=1S/C20H13N2.C6H5.Pt/c1-2-7-15(8-3-1)18-11-6-12-19(21-18)20-14-13-16-9-4-5-10-17(16)22-20;1-2-4-6-5-3-1;/h1-7,9-14H;1-5H;/q2*-1;+2. The molecular weight excluding hydrogens is 535 g/mol. The summed E-state index contributed by atoms with van der Waals surface area (Å²) in [5.74, 6) is 0. The van der Waals surface area contributed by atoms with E-state index in [2.05, 4.69) is 24.3 Å². The predicted octanol–water partition coefficient (Wildman–Crippen LogP) is 6.25. The summed E-state index contributed by atoms with van der Waals surface area (Å²) < 4.78 is 0. The average molecular weight is 554 g/mol. The molecule has 2 aromatic heterocycles. The Morgan fingerprint density at radius 2 is 1.24 bits per heavy atom. The van der Waals surface area contributed by atoms with Gasteiger partial charge in [0.2, 0.25) is 0 Å². The quantitative estimate of drug-likeness (QED) is 0.242. The van der Waals surface area contributed by atoms with Crippen LogP contribution in [0.2, 0.25) is 0 Å².